The molecular formula is C12H19N5O2S. The van der Waals surface area contributed by atoms with Gasteiger partial charge >= 0.3 is 6.03 Å². The molecule has 0 saturated heterocycles. The Bertz CT molecular complexity index is 524. The highest BCUT2D eigenvalue weighted by atomic mass is 32.2. The van der Waals surface area contributed by atoms with E-state index in [0.717, 1.165) is 18.7 Å². The van der Waals surface area contributed by atoms with E-state index in [0.29, 0.717) is 11.1 Å². The van der Waals surface area contributed by atoms with Crippen LogP contribution in [0, 0.1) is 5.92 Å². The normalized spacial score (nSPS) is 16.2. The van der Waals surface area contributed by atoms with Crippen molar-refractivity contribution < 1.29 is 9.59 Å². The lowest BCUT2D eigenvalue weighted by atomic mass is 10.1. The zero-order valence-corrected chi connectivity index (χ0v) is 12.6. The summed E-state index contributed by atoms with van der Waals surface area (Å²) < 4.78 is 1.93. The van der Waals surface area contributed by atoms with Gasteiger partial charge in [-0.2, -0.15) is 0 Å². The van der Waals surface area contributed by atoms with Gasteiger partial charge in [-0.1, -0.05) is 25.6 Å². The zero-order chi connectivity index (χ0) is 14.9. The van der Waals surface area contributed by atoms with Crippen LogP contribution < -0.4 is 11.1 Å². The van der Waals surface area contributed by atoms with Gasteiger partial charge in [0.05, 0.1) is 5.25 Å². The van der Waals surface area contributed by atoms with Gasteiger partial charge in [-0.25, -0.2) is 4.79 Å². The lowest BCUT2D eigenvalue weighted by Crippen LogP contribution is -2.42. The highest BCUT2D eigenvalue weighted by Gasteiger charge is 2.31. The van der Waals surface area contributed by atoms with Crippen LogP contribution in [0.5, 0.6) is 0 Å². The van der Waals surface area contributed by atoms with Crippen LogP contribution in [-0.2, 0) is 11.8 Å². The highest BCUT2D eigenvalue weighted by molar-refractivity contribution is 8.00. The van der Waals surface area contributed by atoms with Crippen molar-refractivity contribution in [3.8, 4) is 0 Å². The number of nitrogens with one attached hydrogen (secondary N) is 1. The van der Waals surface area contributed by atoms with Crippen LogP contribution in [0.1, 0.15) is 38.4 Å². The van der Waals surface area contributed by atoms with Crippen LogP contribution in [-0.4, -0.2) is 32.0 Å². The number of nitrogens with zero attached hydrogens (tertiary/aromatic N) is 3. The average molecular weight is 297 g/mol. The minimum Gasteiger partial charge on any atom is -0.351 e. The number of amides is 3. The Morgan fingerprint density at radius 2 is 2.05 bits per heavy atom. The maximum atomic E-state index is 12.0. The maximum Gasteiger partial charge on any atom is 0.318 e. The van der Waals surface area contributed by atoms with Crippen molar-refractivity contribution in [1.82, 2.24) is 20.1 Å². The SMILES string of the molecule is CC(C)C(Sc1nnc(C2CC2)n1C)C(=O)NC(N)=O. The summed E-state index contributed by atoms with van der Waals surface area (Å²) >= 11 is 1.31. The first-order chi connectivity index (χ1) is 9.40. The molecule has 1 aliphatic carbocycles. The van der Waals surface area contributed by atoms with Crippen molar-refractivity contribution in [2.45, 2.75) is 43.0 Å². The number of nitrogens with two attached hydrogens (primary N) is 1. The number of carbonyl (C=O) groups is 2. The van der Waals surface area contributed by atoms with Gasteiger partial charge in [-0.15, -0.1) is 10.2 Å². The summed E-state index contributed by atoms with van der Waals surface area (Å²) in [5.41, 5.74) is 4.99. The third-order valence-electron chi connectivity index (χ3n) is 3.15. The van der Waals surface area contributed by atoms with Gasteiger partial charge in [-0.3, -0.25) is 10.1 Å². The monoisotopic (exact) mass is 297 g/mol. The predicted octanol–water partition coefficient (Wildman–Crippen LogP) is 1.00. The Morgan fingerprint density at radius 1 is 1.40 bits per heavy atom. The van der Waals surface area contributed by atoms with Gasteiger partial charge in [0, 0.05) is 13.0 Å². The Labute approximate surface area is 121 Å². The third-order valence-corrected chi connectivity index (χ3v) is 4.73. The van der Waals surface area contributed by atoms with E-state index in [1.165, 1.54) is 11.8 Å². The lowest BCUT2D eigenvalue weighted by Gasteiger charge is -2.18. The quantitative estimate of drug-likeness (QED) is 0.789. The number of imide groups is 1. The minimum absolute atomic E-state index is 0.0421. The fourth-order valence-electron chi connectivity index (χ4n) is 1.92. The minimum atomic E-state index is -0.835. The van der Waals surface area contributed by atoms with Crippen LogP contribution in [0.25, 0.3) is 0 Å². The van der Waals surface area contributed by atoms with E-state index in [-0.39, 0.29) is 5.92 Å². The van der Waals surface area contributed by atoms with Crippen LogP contribution in [0.2, 0.25) is 0 Å². The second kappa shape index (κ2) is 5.82. The summed E-state index contributed by atoms with van der Waals surface area (Å²) in [5, 5.41) is 10.7. The summed E-state index contributed by atoms with van der Waals surface area (Å²) in [4.78, 5) is 22.8. The fourth-order valence-corrected chi connectivity index (χ4v) is 2.93. The summed E-state index contributed by atoms with van der Waals surface area (Å²) in [7, 11) is 1.90. The molecule has 3 amide bonds. The molecule has 1 aromatic rings. The highest BCUT2D eigenvalue weighted by Crippen LogP contribution is 2.40. The topological polar surface area (TPSA) is 103 Å². The largest absolute Gasteiger partial charge is 0.351 e. The molecule has 2 rings (SSSR count). The number of aromatic nitrogens is 3. The van der Waals surface area contributed by atoms with E-state index < -0.39 is 17.2 Å². The molecule has 0 bridgehead atoms. The van der Waals surface area contributed by atoms with E-state index in [2.05, 4.69) is 15.5 Å². The lowest BCUT2D eigenvalue weighted by molar-refractivity contribution is -0.120. The third kappa shape index (κ3) is 3.30. The zero-order valence-electron chi connectivity index (χ0n) is 11.8. The molecular weight excluding hydrogens is 278 g/mol. The van der Waals surface area contributed by atoms with E-state index >= 15 is 0 Å². The van der Waals surface area contributed by atoms with Crippen molar-refractivity contribution in [3.05, 3.63) is 5.82 Å². The molecule has 1 saturated carbocycles. The molecule has 8 heteroatoms. The number of urea groups is 1. The first kappa shape index (κ1) is 14.8. The first-order valence-corrected chi connectivity index (χ1v) is 7.44. The second-order valence-corrected chi connectivity index (χ2v) is 6.42. The fraction of sp³-hybridized carbons (Fsp3) is 0.667. The summed E-state index contributed by atoms with van der Waals surface area (Å²) in [6.45, 7) is 3.83. The van der Waals surface area contributed by atoms with Crippen molar-refractivity contribution in [1.29, 1.82) is 0 Å². The average Bonchev–Trinajstić information content (AvgIpc) is 3.10. The molecule has 20 heavy (non-hydrogen) atoms. The molecule has 1 fully saturated rings. The standard InChI is InChI=1S/C12H19N5O2S/c1-6(2)8(10(18)14-11(13)19)20-12-16-15-9(17(12)3)7-4-5-7/h6-8H,4-5H2,1-3H3,(H3,13,14,18,19). The van der Waals surface area contributed by atoms with Gasteiger partial charge in [-0.05, 0) is 18.8 Å². The van der Waals surface area contributed by atoms with Crippen LogP contribution >= 0.6 is 11.8 Å². The van der Waals surface area contributed by atoms with Crippen molar-refractivity contribution in [3.63, 3.8) is 0 Å². The molecule has 1 heterocycles. The molecule has 0 aromatic carbocycles. The smallest absolute Gasteiger partial charge is 0.318 e. The molecule has 110 valence electrons. The van der Waals surface area contributed by atoms with Crippen LogP contribution in [0.4, 0.5) is 4.79 Å². The predicted molar refractivity (Wildman–Crippen MR) is 75.2 cm³/mol. The molecule has 0 spiro atoms. The van der Waals surface area contributed by atoms with Crippen molar-refractivity contribution in [2.75, 3.05) is 0 Å². The Hall–Kier alpha value is -1.57. The number of carbonyl (C=O) groups excluding carboxylic acids is 2. The van der Waals surface area contributed by atoms with Gasteiger partial charge in [0.25, 0.3) is 0 Å². The summed E-state index contributed by atoms with van der Waals surface area (Å²) in [5.74, 6) is 1.11. The molecule has 0 aliphatic heterocycles. The van der Waals surface area contributed by atoms with E-state index in [4.69, 9.17) is 5.73 Å². The molecule has 1 aliphatic rings. The maximum absolute atomic E-state index is 12.0. The summed E-state index contributed by atoms with van der Waals surface area (Å²) in [6, 6.07) is -0.835. The Kier molecular flexibility index (Phi) is 4.32. The molecule has 0 radical (unpaired) electrons. The van der Waals surface area contributed by atoms with Crippen molar-refractivity contribution in [2.24, 2.45) is 18.7 Å². The molecule has 7 nitrogen and oxygen atoms in total. The molecule has 3 N–H and O–H groups in total. The number of thioether (sulfide) groups is 1. The van der Waals surface area contributed by atoms with E-state index in [1.807, 2.05) is 25.5 Å². The first-order valence-electron chi connectivity index (χ1n) is 6.56. The van der Waals surface area contributed by atoms with Crippen molar-refractivity contribution >= 4 is 23.7 Å². The number of primary amides is 1. The molecule has 1 atom stereocenters. The van der Waals surface area contributed by atoms with E-state index in [1.54, 1.807) is 0 Å². The Morgan fingerprint density at radius 3 is 2.55 bits per heavy atom. The Balaban J connectivity index is 2.11. The van der Waals surface area contributed by atoms with Crippen LogP contribution in [0.3, 0.4) is 0 Å². The second-order valence-electron chi connectivity index (χ2n) is 5.31. The summed E-state index contributed by atoms with van der Waals surface area (Å²) in [6.07, 6.45) is 2.29. The number of rotatable bonds is 5. The number of hydrogen-bond donors (Lipinski definition) is 2. The van der Waals surface area contributed by atoms with Gasteiger partial charge in [0.2, 0.25) is 5.91 Å². The number of hydrogen-bond acceptors (Lipinski definition) is 5. The van der Waals surface area contributed by atoms with Gasteiger partial charge in [0.1, 0.15) is 5.82 Å². The molecule has 1 aromatic heterocycles. The van der Waals surface area contributed by atoms with Crippen LogP contribution in [0.15, 0.2) is 5.16 Å². The van der Waals surface area contributed by atoms with E-state index in [9.17, 15) is 9.59 Å². The van der Waals surface area contributed by atoms with Gasteiger partial charge in [0.15, 0.2) is 5.16 Å². The molecule has 1 unspecified atom stereocenters. The van der Waals surface area contributed by atoms with Gasteiger partial charge < -0.3 is 10.3 Å².